The van der Waals surface area contributed by atoms with E-state index >= 15 is 0 Å². The van der Waals surface area contributed by atoms with E-state index in [4.69, 9.17) is 9.84 Å². The van der Waals surface area contributed by atoms with Crippen LogP contribution in [-0.4, -0.2) is 71.1 Å². The van der Waals surface area contributed by atoms with Crippen LogP contribution in [0.15, 0.2) is 6.20 Å². The number of nitrogens with one attached hydrogen (secondary N) is 1. The summed E-state index contributed by atoms with van der Waals surface area (Å²) in [6, 6.07) is 0. The molecule has 0 atom stereocenters. The molecule has 1 aromatic rings. The summed E-state index contributed by atoms with van der Waals surface area (Å²) < 4.78 is 6.59. The van der Waals surface area contributed by atoms with Gasteiger partial charge in [0, 0.05) is 32.9 Å². The molecule has 0 aromatic carbocycles. The number of carboxylic acids is 1. The number of hydrogen-bond donors (Lipinski definition) is 2. The van der Waals surface area contributed by atoms with Gasteiger partial charge in [-0.25, -0.2) is 4.79 Å². The van der Waals surface area contributed by atoms with E-state index in [2.05, 4.69) is 15.3 Å². The molecule has 116 valence electrons. The molecular weight excluding hydrogens is 276 g/mol. The minimum Gasteiger partial charge on any atom is -0.478 e. The van der Waals surface area contributed by atoms with Gasteiger partial charge >= 0.3 is 5.97 Å². The van der Waals surface area contributed by atoms with Gasteiger partial charge in [-0.05, 0) is 13.0 Å². The number of ether oxygens (including phenoxy) is 1. The van der Waals surface area contributed by atoms with E-state index in [1.54, 1.807) is 7.05 Å². The van der Waals surface area contributed by atoms with Crippen LogP contribution >= 0.6 is 0 Å². The molecular formula is C13H20N4O4. The van der Waals surface area contributed by atoms with Crippen molar-refractivity contribution < 1.29 is 19.4 Å². The topological polar surface area (TPSA) is 96.7 Å². The summed E-state index contributed by atoms with van der Waals surface area (Å²) in [5.74, 6) is -1.60. The summed E-state index contributed by atoms with van der Waals surface area (Å²) in [5.41, 5.74) is -0.125. The number of amides is 1. The zero-order valence-corrected chi connectivity index (χ0v) is 12.0. The third-order valence-corrected chi connectivity index (χ3v) is 3.31. The van der Waals surface area contributed by atoms with Crippen LogP contribution < -0.4 is 5.32 Å². The molecule has 2 heterocycles. The number of nitrogens with zero attached hydrogens (tertiary/aromatic N) is 3. The molecule has 1 saturated heterocycles. The quantitative estimate of drug-likeness (QED) is 0.692. The lowest BCUT2D eigenvalue weighted by Crippen LogP contribution is -2.38. The first-order chi connectivity index (χ1) is 10.1. The first-order valence-corrected chi connectivity index (χ1v) is 6.93. The third-order valence-electron chi connectivity index (χ3n) is 3.31. The van der Waals surface area contributed by atoms with Gasteiger partial charge in [0.2, 0.25) is 0 Å². The number of aryl methyl sites for hydroxylation is 1. The van der Waals surface area contributed by atoms with Gasteiger partial charge in [-0.15, -0.1) is 0 Å². The van der Waals surface area contributed by atoms with Crippen molar-refractivity contribution in [3.8, 4) is 0 Å². The number of hydrogen-bond acceptors (Lipinski definition) is 5. The highest BCUT2D eigenvalue weighted by molar-refractivity contribution is 6.03. The molecule has 2 rings (SSSR count). The summed E-state index contributed by atoms with van der Waals surface area (Å²) in [6.07, 6.45) is 2.13. The Morgan fingerprint density at radius 2 is 2.14 bits per heavy atom. The number of morpholine rings is 1. The Labute approximate surface area is 122 Å². The van der Waals surface area contributed by atoms with E-state index in [1.807, 2.05) is 0 Å². The highest BCUT2D eigenvalue weighted by Crippen LogP contribution is 2.06. The van der Waals surface area contributed by atoms with Gasteiger partial charge in [0.25, 0.3) is 5.91 Å². The molecule has 1 aliphatic heterocycles. The Hall–Kier alpha value is -1.93. The van der Waals surface area contributed by atoms with Crippen LogP contribution in [0.5, 0.6) is 0 Å². The lowest BCUT2D eigenvalue weighted by atomic mass is 10.2. The van der Waals surface area contributed by atoms with Crippen LogP contribution in [0.4, 0.5) is 0 Å². The van der Waals surface area contributed by atoms with Crippen LogP contribution in [0.25, 0.3) is 0 Å². The normalized spacial score (nSPS) is 15.9. The number of carbonyl (C=O) groups is 2. The second-order valence-corrected chi connectivity index (χ2v) is 4.93. The smallest absolute Gasteiger partial charge is 0.339 e. The molecule has 1 aliphatic rings. The highest BCUT2D eigenvalue weighted by atomic mass is 16.5. The molecule has 21 heavy (non-hydrogen) atoms. The van der Waals surface area contributed by atoms with E-state index in [0.29, 0.717) is 6.54 Å². The standard InChI is InChI=1S/C13H20N4O4/c1-16-9-10(13(19)20)11(15-16)12(18)14-3-2-4-17-5-7-21-8-6-17/h9H,2-8H2,1H3,(H,14,18)(H,19,20). The monoisotopic (exact) mass is 296 g/mol. The zero-order valence-electron chi connectivity index (χ0n) is 12.0. The number of aromatic carboxylic acids is 1. The van der Waals surface area contributed by atoms with Gasteiger partial charge in [0.1, 0.15) is 5.56 Å². The van der Waals surface area contributed by atoms with Gasteiger partial charge in [-0.2, -0.15) is 5.10 Å². The van der Waals surface area contributed by atoms with E-state index < -0.39 is 11.9 Å². The van der Waals surface area contributed by atoms with E-state index in [0.717, 1.165) is 39.3 Å². The SMILES string of the molecule is Cn1cc(C(=O)O)c(C(=O)NCCCN2CCOCC2)n1. The number of carbonyl (C=O) groups excluding carboxylic acids is 1. The maximum atomic E-state index is 12.0. The number of rotatable bonds is 6. The van der Waals surface area contributed by atoms with Gasteiger partial charge in [-0.3, -0.25) is 14.4 Å². The zero-order chi connectivity index (χ0) is 15.2. The third kappa shape index (κ3) is 4.27. The molecule has 2 N–H and O–H groups in total. The molecule has 0 unspecified atom stereocenters. The average molecular weight is 296 g/mol. The minimum absolute atomic E-state index is 0.0450. The molecule has 0 spiro atoms. The Bertz CT molecular complexity index is 508. The lowest BCUT2D eigenvalue weighted by Gasteiger charge is -2.26. The fraction of sp³-hybridized carbons (Fsp3) is 0.615. The van der Waals surface area contributed by atoms with E-state index in [-0.39, 0.29) is 11.3 Å². The van der Waals surface area contributed by atoms with Gasteiger partial charge in [-0.1, -0.05) is 0 Å². The summed E-state index contributed by atoms with van der Waals surface area (Å²) in [6.45, 7) is 4.71. The predicted molar refractivity (Wildman–Crippen MR) is 74.4 cm³/mol. The Morgan fingerprint density at radius 3 is 2.81 bits per heavy atom. The van der Waals surface area contributed by atoms with Gasteiger partial charge in [0.15, 0.2) is 5.69 Å². The molecule has 1 amide bonds. The second-order valence-electron chi connectivity index (χ2n) is 4.93. The van der Waals surface area contributed by atoms with Crippen molar-refractivity contribution in [3.63, 3.8) is 0 Å². The van der Waals surface area contributed by atoms with Crippen molar-refractivity contribution in [2.45, 2.75) is 6.42 Å². The van der Waals surface area contributed by atoms with Gasteiger partial charge in [0.05, 0.1) is 13.2 Å². The van der Waals surface area contributed by atoms with Crippen molar-refractivity contribution in [1.29, 1.82) is 0 Å². The highest BCUT2D eigenvalue weighted by Gasteiger charge is 2.20. The molecule has 1 fully saturated rings. The van der Waals surface area contributed by atoms with Crippen LogP contribution in [0.3, 0.4) is 0 Å². The van der Waals surface area contributed by atoms with Crippen LogP contribution in [0, 0.1) is 0 Å². The fourth-order valence-electron chi connectivity index (χ4n) is 2.23. The summed E-state index contributed by atoms with van der Waals surface area (Å²) >= 11 is 0. The molecule has 0 bridgehead atoms. The first kappa shape index (κ1) is 15.5. The number of carboxylic acid groups (broad SMARTS) is 1. The van der Waals surface area contributed by atoms with E-state index in [9.17, 15) is 9.59 Å². The van der Waals surface area contributed by atoms with Crippen molar-refractivity contribution in [2.24, 2.45) is 7.05 Å². The Morgan fingerprint density at radius 1 is 1.43 bits per heavy atom. The first-order valence-electron chi connectivity index (χ1n) is 6.93. The second kappa shape index (κ2) is 7.19. The van der Waals surface area contributed by atoms with Crippen LogP contribution in [-0.2, 0) is 11.8 Å². The summed E-state index contributed by atoms with van der Waals surface area (Å²) in [5, 5.41) is 15.6. The van der Waals surface area contributed by atoms with Crippen LogP contribution in [0.1, 0.15) is 27.3 Å². The molecule has 0 saturated carbocycles. The number of aromatic nitrogens is 2. The summed E-state index contributed by atoms with van der Waals surface area (Å²) in [4.78, 5) is 25.3. The summed E-state index contributed by atoms with van der Waals surface area (Å²) in [7, 11) is 1.58. The Balaban J connectivity index is 1.78. The average Bonchev–Trinajstić information content (AvgIpc) is 2.87. The van der Waals surface area contributed by atoms with Gasteiger partial charge < -0.3 is 15.2 Å². The van der Waals surface area contributed by atoms with Crippen molar-refractivity contribution in [3.05, 3.63) is 17.5 Å². The molecule has 1 aromatic heterocycles. The lowest BCUT2D eigenvalue weighted by molar-refractivity contribution is 0.0374. The molecule has 0 aliphatic carbocycles. The fourth-order valence-corrected chi connectivity index (χ4v) is 2.23. The van der Waals surface area contributed by atoms with Crippen LogP contribution in [0.2, 0.25) is 0 Å². The largest absolute Gasteiger partial charge is 0.478 e. The molecule has 8 heteroatoms. The van der Waals surface area contributed by atoms with E-state index in [1.165, 1.54) is 10.9 Å². The van der Waals surface area contributed by atoms with Crippen molar-refractivity contribution in [2.75, 3.05) is 39.4 Å². The molecule has 0 radical (unpaired) electrons. The van der Waals surface area contributed by atoms with Crippen molar-refractivity contribution in [1.82, 2.24) is 20.0 Å². The maximum Gasteiger partial charge on any atom is 0.339 e. The predicted octanol–water partition coefficient (Wildman–Crippen LogP) is -0.430. The maximum absolute atomic E-state index is 12.0. The minimum atomic E-state index is -1.15. The molecule has 8 nitrogen and oxygen atoms in total. The van der Waals surface area contributed by atoms with Crippen molar-refractivity contribution >= 4 is 11.9 Å². The Kier molecular flexibility index (Phi) is 5.29.